The lowest BCUT2D eigenvalue weighted by Gasteiger charge is -1.82. The smallest absolute Gasteiger partial charge is 0.174 e. The average molecular weight is 174 g/mol. The van der Waals surface area contributed by atoms with Gasteiger partial charge in [-0.15, -0.1) is 10.2 Å². The number of hydrogen-bond acceptors (Lipinski definition) is 5. The van der Waals surface area contributed by atoms with Crippen LogP contribution in [0, 0.1) is 6.92 Å². The third-order valence-corrected chi connectivity index (χ3v) is 2.65. The molecule has 0 atom stereocenters. The summed E-state index contributed by atoms with van der Waals surface area (Å²) in [6.45, 7) is 1.89. The maximum atomic E-state index is 9.92. The third kappa shape index (κ3) is 2.07. The van der Waals surface area contributed by atoms with Crippen molar-refractivity contribution in [1.29, 1.82) is 0 Å². The molecule has 10 heavy (non-hydrogen) atoms. The SMILES string of the molecule is Cc1nnc(SCC=O)s1. The molecule has 0 bridgehead atoms. The molecule has 1 rings (SSSR count). The zero-order valence-corrected chi connectivity index (χ0v) is 7.04. The summed E-state index contributed by atoms with van der Waals surface area (Å²) in [4.78, 5) is 9.92. The lowest BCUT2D eigenvalue weighted by atomic mass is 10.9. The van der Waals surface area contributed by atoms with E-state index in [1.807, 2.05) is 6.92 Å². The molecule has 1 heterocycles. The number of carbonyl (C=O) groups is 1. The van der Waals surface area contributed by atoms with E-state index >= 15 is 0 Å². The van der Waals surface area contributed by atoms with Crippen molar-refractivity contribution in [3.63, 3.8) is 0 Å². The molecule has 0 fully saturated rings. The van der Waals surface area contributed by atoms with E-state index in [4.69, 9.17) is 0 Å². The standard InChI is InChI=1S/C5H6N2OS2/c1-4-6-7-5(10-4)9-3-2-8/h2H,3H2,1H3. The summed E-state index contributed by atoms with van der Waals surface area (Å²) in [5.41, 5.74) is 0. The highest BCUT2D eigenvalue weighted by molar-refractivity contribution is 8.01. The first-order valence-electron chi connectivity index (χ1n) is 2.69. The minimum atomic E-state index is 0.467. The van der Waals surface area contributed by atoms with Gasteiger partial charge in [0.15, 0.2) is 4.34 Å². The van der Waals surface area contributed by atoms with Gasteiger partial charge >= 0.3 is 0 Å². The zero-order valence-electron chi connectivity index (χ0n) is 5.40. The molecular weight excluding hydrogens is 168 g/mol. The molecule has 0 radical (unpaired) electrons. The minimum absolute atomic E-state index is 0.467. The minimum Gasteiger partial charge on any atom is -0.302 e. The molecule has 5 heteroatoms. The van der Waals surface area contributed by atoms with Gasteiger partial charge in [0.25, 0.3) is 0 Å². The highest BCUT2D eigenvalue weighted by atomic mass is 32.2. The molecule has 0 aliphatic carbocycles. The summed E-state index contributed by atoms with van der Waals surface area (Å²) in [5, 5.41) is 8.57. The van der Waals surface area contributed by atoms with Crippen LogP contribution in [0.2, 0.25) is 0 Å². The normalized spacial score (nSPS) is 9.70. The van der Waals surface area contributed by atoms with Crippen molar-refractivity contribution in [2.75, 3.05) is 5.75 Å². The molecule has 0 saturated heterocycles. The van der Waals surface area contributed by atoms with E-state index in [2.05, 4.69) is 10.2 Å². The van der Waals surface area contributed by atoms with Crippen LogP contribution in [-0.2, 0) is 4.79 Å². The van der Waals surface area contributed by atoms with Crippen molar-refractivity contribution >= 4 is 29.4 Å². The van der Waals surface area contributed by atoms with Crippen molar-refractivity contribution in [3.8, 4) is 0 Å². The van der Waals surface area contributed by atoms with E-state index in [-0.39, 0.29) is 0 Å². The number of thioether (sulfide) groups is 1. The summed E-state index contributed by atoms with van der Waals surface area (Å²) in [6, 6.07) is 0. The lowest BCUT2D eigenvalue weighted by molar-refractivity contribution is -0.105. The molecule has 54 valence electrons. The van der Waals surface area contributed by atoms with E-state index in [1.165, 1.54) is 23.1 Å². The monoisotopic (exact) mass is 174 g/mol. The Bertz CT molecular complexity index is 223. The Morgan fingerprint density at radius 2 is 2.50 bits per heavy atom. The van der Waals surface area contributed by atoms with Gasteiger partial charge < -0.3 is 4.79 Å². The Morgan fingerprint density at radius 1 is 1.70 bits per heavy atom. The van der Waals surface area contributed by atoms with Crippen LogP contribution < -0.4 is 0 Å². The Hall–Kier alpha value is -0.420. The molecular formula is C5H6N2OS2. The fourth-order valence-electron chi connectivity index (χ4n) is 0.442. The number of aromatic nitrogens is 2. The maximum Gasteiger partial charge on any atom is 0.174 e. The highest BCUT2D eigenvalue weighted by Gasteiger charge is 1.98. The Kier molecular flexibility index (Phi) is 2.82. The molecule has 3 nitrogen and oxygen atoms in total. The van der Waals surface area contributed by atoms with E-state index in [0.717, 1.165) is 15.6 Å². The average Bonchev–Trinajstić information content (AvgIpc) is 2.31. The molecule has 1 aromatic heterocycles. The second-order valence-corrected chi connectivity index (χ2v) is 4.01. The summed E-state index contributed by atoms with van der Waals surface area (Å²) in [7, 11) is 0. The Labute approximate surface area is 66.9 Å². The molecule has 0 aliphatic heterocycles. The van der Waals surface area contributed by atoms with Crippen molar-refractivity contribution in [2.24, 2.45) is 0 Å². The van der Waals surface area contributed by atoms with Crippen LogP contribution in [0.5, 0.6) is 0 Å². The summed E-state index contributed by atoms with van der Waals surface area (Å²) < 4.78 is 0.865. The highest BCUT2D eigenvalue weighted by Crippen LogP contribution is 2.20. The molecule has 0 aliphatic rings. The zero-order chi connectivity index (χ0) is 7.40. The number of nitrogens with zero attached hydrogens (tertiary/aromatic N) is 2. The molecule has 0 spiro atoms. The van der Waals surface area contributed by atoms with Gasteiger partial charge in [-0.3, -0.25) is 0 Å². The first-order chi connectivity index (χ1) is 4.83. The van der Waals surface area contributed by atoms with Gasteiger partial charge in [0, 0.05) is 0 Å². The van der Waals surface area contributed by atoms with Crippen molar-refractivity contribution in [1.82, 2.24) is 10.2 Å². The van der Waals surface area contributed by atoms with E-state index < -0.39 is 0 Å². The quantitative estimate of drug-likeness (QED) is 0.509. The van der Waals surface area contributed by atoms with Crippen LogP contribution in [0.1, 0.15) is 5.01 Å². The molecule has 0 N–H and O–H groups in total. The van der Waals surface area contributed by atoms with Gasteiger partial charge in [-0.25, -0.2) is 0 Å². The topological polar surface area (TPSA) is 42.9 Å². The molecule has 0 aromatic carbocycles. The fraction of sp³-hybridized carbons (Fsp3) is 0.400. The first kappa shape index (κ1) is 7.68. The van der Waals surface area contributed by atoms with Crippen molar-refractivity contribution < 1.29 is 4.79 Å². The van der Waals surface area contributed by atoms with Crippen molar-refractivity contribution in [3.05, 3.63) is 5.01 Å². The molecule has 0 amide bonds. The van der Waals surface area contributed by atoms with Crippen LogP contribution >= 0.6 is 23.1 Å². The number of rotatable bonds is 3. The second-order valence-electron chi connectivity index (χ2n) is 1.56. The number of aldehydes is 1. The van der Waals surface area contributed by atoms with Crippen LogP contribution in [-0.4, -0.2) is 22.2 Å². The van der Waals surface area contributed by atoms with Gasteiger partial charge in [-0.2, -0.15) is 0 Å². The number of aryl methyl sites for hydroxylation is 1. The maximum absolute atomic E-state index is 9.92. The van der Waals surface area contributed by atoms with Crippen LogP contribution in [0.3, 0.4) is 0 Å². The van der Waals surface area contributed by atoms with Crippen molar-refractivity contribution in [2.45, 2.75) is 11.3 Å². The third-order valence-electron chi connectivity index (χ3n) is 0.782. The predicted octanol–water partition coefficient (Wildman–Crippen LogP) is 1.14. The lowest BCUT2D eigenvalue weighted by Crippen LogP contribution is -1.77. The van der Waals surface area contributed by atoms with Crippen LogP contribution in [0.15, 0.2) is 4.34 Å². The molecule has 0 saturated carbocycles. The van der Waals surface area contributed by atoms with Gasteiger partial charge in [-0.1, -0.05) is 23.1 Å². The predicted molar refractivity (Wildman–Crippen MR) is 41.4 cm³/mol. The Morgan fingerprint density at radius 3 is 3.00 bits per heavy atom. The van der Waals surface area contributed by atoms with Crippen LogP contribution in [0.25, 0.3) is 0 Å². The summed E-state index contributed by atoms with van der Waals surface area (Å²) >= 11 is 2.93. The summed E-state index contributed by atoms with van der Waals surface area (Å²) in [6.07, 6.45) is 0.862. The van der Waals surface area contributed by atoms with Gasteiger partial charge in [0.2, 0.25) is 0 Å². The number of hydrogen-bond donors (Lipinski definition) is 0. The second kappa shape index (κ2) is 3.68. The van der Waals surface area contributed by atoms with Gasteiger partial charge in [0.1, 0.15) is 11.3 Å². The van der Waals surface area contributed by atoms with E-state index in [0.29, 0.717) is 5.75 Å². The fourth-order valence-corrected chi connectivity index (χ4v) is 1.97. The van der Waals surface area contributed by atoms with E-state index in [1.54, 1.807) is 0 Å². The number of carbonyl (C=O) groups excluding carboxylic acids is 1. The molecule has 1 aromatic rings. The summed E-state index contributed by atoms with van der Waals surface area (Å²) in [5.74, 6) is 0.467. The van der Waals surface area contributed by atoms with E-state index in [9.17, 15) is 4.79 Å². The van der Waals surface area contributed by atoms with Gasteiger partial charge in [0.05, 0.1) is 5.75 Å². The largest absolute Gasteiger partial charge is 0.302 e. The Balaban J connectivity index is 2.49. The molecule has 0 unspecified atom stereocenters. The van der Waals surface area contributed by atoms with Gasteiger partial charge in [-0.05, 0) is 6.92 Å². The first-order valence-corrected chi connectivity index (χ1v) is 4.49. The van der Waals surface area contributed by atoms with Crippen LogP contribution in [0.4, 0.5) is 0 Å².